The average Bonchev–Trinajstić information content (AvgIpc) is 3.37. The number of aryl methyl sites for hydroxylation is 2. The van der Waals surface area contributed by atoms with Crippen molar-refractivity contribution in [3.8, 4) is 5.75 Å². The molecule has 1 amide bonds. The van der Waals surface area contributed by atoms with Crippen LogP contribution in [0.2, 0.25) is 0 Å². The average molecular weight is 454 g/mol. The molecule has 3 heterocycles. The van der Waals surface area contributed by atoms with Crippen LogP contribution >= 0.6 is 0 Å². The minimum absolute atomic E-state index is 0.0794. The number of hydrogen-bond donors (Lipinski definition) is 2. The molecule has 0 aliphatic carbocycles. The van der Waals surface area contributed by atoms with Crippen molar-refractivity contribution in [2.45, 2.75) is 19.9 Å². The number of nitrogens with one attached hydrogen (secondary N) is 1. The van der Waals surface area contributed by atoms with Gasteiger partial charge in [0.25, 0.3) is 5.78 Å². The number of benzene rings is 2. The zero-order chi connectivity index (χ0) is 24.0. The molecule has 1 unspecified atom stereocenters. The number of fused-ring (bicyclic) bond motifs is 1. The van der Waals surface area contributed by atoms with E-state index in [1.807, 2.05) is 38.1 Å². The summed E-state index contributed by atoms with van der Waals surface area (Å²) in [6.07, 6.45) is 1.57. The number of anilines is 1. The van der Waals surface area contributed by atoms with Crippen LogP contribution in [-0.2, 0) is 9.59 Å². The molecule has 1 fully saturated rings. The highest BCUT2D eigenvalue weighted by Gasteiger charge is 2.49. The van der Waals surface area contributed by atoms with Crippen molar-refractivity contribution in [2.24, 2.45) is 0 Å². The number of Topliss-reactive ketones (excluding diaryl/α,β-unsaturated/α-hetero) is 1. The lowest BCUT2D eigenvalue weighted by atomic mass is 9.97. The van der Waals surface area contributed by atoms with Crippen LogP contribution in [0.4, 0.5) is 5.95 Å². The van der Waals surface area contributed by atoms with Crippen LogP contribution in [0.15, 0.2) is 66.4 Å². The molecule has 1 aliphatic rings. The Balaban J connectivity index is 1.75. The van der Waals surface area contributed by atoms with E-state index in [0.29, 0.717) is 22.5 Å². The molecule has 0 radical (unpaired) electrons. The summed E-state index contributed by atoms with van der Waals surface area (Å²) < 4.78 is 5.41. The van der Waals surface area contributed by atoms with Gasteiger partial charge in [0.05, 0.1) is 35.0 Å². The lowest BCUT2D eigenvalue weighted by molar-refractivity contribution is -0.132. The maximum Gasteiger partial charge on any atom is 0.302 e. The maximum atomic E-state index is 13.3. The molecule has 0 spiro atoms. The quantitative estimate of drug-likeness (QED) is 0.272. The number of carbonyl (C=O) groups is 2. The number of pyridine rings is 1. The number of nitrogens with zero attached hydrogens (tertiary/aromatic N) is 3. The fourth-order valence-electron chi connectivity index (χ4n) is 4.24. The van der Waals surface area contributed by atoms with E-state index in [4.69, 9.17) is 4.74 Å². The molecule has 1 aliphatic heterocycles. The summed E-state index contributed by atoms with van der Waals surface area (Å²) in [5.74, 6) is -1.38. The Hall–Kier alpha value is -4.46. The standard InChI is InChI=1S/C26H22N4O4/c1-14-8-10-20(34-3)16(12-14)23(31)21-22(18-6-4-5-11-27-18)30(25(33)24(21)32)26-28-17-9-7-15(2)13-19(17)29-26/h4-13,22,31H,1-3H3,(H,28,29)/b23-21+. The summed E-state index contributed by atoms with van der Waals surface area (Å²) in [4.78, 5) is 40.0. The van der Waals surface area contributed by atoms with E-state index >= 15 is 0 Å². The lowest BCUT2D eigenvalue weighted by Gasteiger charge is -2.22. The van der Waals surface area contributed by atoms with Crippen LogP contribution in [0, 0.1) is 13.8 Å². The van der Waals surface area contributed by atoms with Crippen LogP contribution < -0.4 is 9.64 Å². The molecule has 2 aromatic carbocycles. The van der Waals surface area contributed by atoms with E-state index in [9.17, 15) is 14.7 Å². The van der Waals surface area contributed by atoms with Crippen molar-refractivity contribution in [3.05, 3.63) is 88.8 Å². The molecule has 5 rings (SSSR count). The first-order valence-corrected chi connectivity index (χ1v) is 10.7. The number of amides is 1. The van der Waals surface area contributed by atoms with E-state index < -0.39 is 17.7 Å². The zero-order valence-corrected chi connectivity index (χ0v) is 18.9. The van der Waals surface area contributed by atoms with E-state index in [0.717, 1.165) is 16.6 Å². The van der Waals surface area contributed by atoms with Crippen LogP contribution in [0.3, 0.4) is 0 Å². The predicted molar refractivity (Wildman–Crippen MR) is 128 cm³/mol. The number of H-pyrrole nitrogens is 1. The number of carbonyl (C=O) groups excluding carboxylic acids is 2. The molecular formula is C26H22N4O4. The molecular weight excluding hydrogens is 432 g/mol. The minimum atomic E-state index is -0.979. The molecule has 2 N–H and O–H groups in total. The van der Waals surface area contributed by atoms with E-state index in [-0.39, 0.29) is 17.3 Å². The Morgan fingerprint density at radius 3 is 2.56 bits per heavy atom. The number of hydrogen-bond acceptors (Lipinski definition) is 6. The highest BCUT2D eigenvalue weighted by Crippen LogP contribution is 2.42. The summed E-state index contributed by atoms with van der Waals surface area (Å²) in [5.41, 5.74) is 3.94. The third-order valence-corrected chi connectivity index (χ3v) is 5.88. The van der Waals surface area contributed by atoms with Gasteiger partial charge in [-0.1, -0.05) is 23.8 Å². The van der Waals surface area contributed by atoms with Crippen molar-refractivity contribution in [1.29, 1.82) is 0 Å². The zero-order valence-electron chi connectivity index (χ0n) is 18.9. The van der Waals surface area contributed by atoms with Crippen molar-refractivity contribution in [3.63, 3.8) is 0 Å². The van der Waals surface area contributed by atoms with Gasteiger partial charge in [0.15, 0.2) is 0 Å². The molecule has 1 saturated heterocycles. The Bertz CT molecular complexity index is 1470. The second-order valence-corrected chi connectivity index (χ2v) is 8.21. The number of ether oxygens (including phenoxy) is 1. The van der Waals surface area contributed by atoms with Gasteiger partial charge in [-0.3, -0.25) is 19.5 Å². The number of ketones is 1. The van der Waals surface area contributed by atoms with Gasteiger partial charge in [-0.2, -0.15) is 0 Å². The van der Waals surface area contributed by atoms with Crippen molar-refractivity contribution < 1.29 is 19.4 Å². The summed E-state index contributed by atoms with van der Waals surface area (Å²) in [6, 6.07) is 15.1. The Morgan fingerprint density at radius 1 is 1.06 bits per heavy atom. The van der Waals surface area contributed by atoms with E-state index in [1.165, 1.54) is 12.0 Å². The highest BCUT2D eigenvalue weighted by atomic mass is 16.5. The topological polar surface area (TPSA) is 108 Å². The summed E-state index contributed by atoms with van der Waals surface area (Å²) in [7, 11) is 1.48. The predicted octanol–water partition coefficient (Wildman–Crippen LogP) is 4.21. The summed E-state index contributed by atoms with van der Waals surface area (Å²) in [5, 5.41) is 11.4. The van der Waals surface area contributed by atoms with Gasteiger partial charge in [-0.05, 0) is 55.8 Å². The molecule has 1 atom stereocenters. The molecule has 0 bridgehead atoms. The van der Waals surface area contributed by atoms with Crippen molar-refractivity contribution in [2.75, 3.05) is 12.0 Å². The normalized spacial score (nSPS) is 17.5. The lowest BCUT2D eigenvalue weighted by Crippen LogP contribution is -2.30. The number of rotatable bonds is 4. The SMILES string of the molecule is COc1ccc(C)cc1/C(O)=C1\C(=O)C(=O)N(c2nc3ccc(C)cc3[nH]2)C1c1ccccn1. The first-order valence-electron chi connectivity index (χ1n) is 10.7. The number of methoxy groups -OCH3 is 1. The van der Waals surface area contributed by atoms with Gasteiger partial charge in [0.2, 0.25) is 5.95 Å². The molecule has 4 aromatic rings. The van der Waals surface area contributed by atoms with Crippen LogP contribution in [-0.4, -0.2) is 38.9 Å². The van der Waals surface area contributed by atoms with Gasteiger partial charge in [-0.15, -0.1) is 0 Å². The number of aliphatic hydroxyl groups is 1. The number of imidazole rings is 1. The number of aromatic nitrogens is 3. The molecule has 8 heteroatoms. The molecule has 170 valence electrons. The van der Waals surface area contributed by atoms with E-state index in [1.54, 1.807) is 36.5 Å². The second-order valence-electron chi connectivity index (χ2n) is 8.21. The fourth-order valence-corrected chi connectivity index (χ4v) is 4.24. The van der Waals surface area contributed by atoms with Crippen molar-refractivity contribution in [1.82, 2.24) is 15.0 Å². The summed E-state index contributed by atoms with van der Waals surface area (Å²) in [6.45, 7) is 3.82. The van der Waals surface area contributed by atoms with Gasteiger partial charge in [-0.25, -0.2) is 4.98 Å². The third-order valence-electron chi connectivity index (χ3n) is 5.88. The molecule has 34 heavy (non-hydrogen) atoms. The van der Waals surface area contributed by atoms with Crippen LogP contribution in [0.1, 0.15) is 28.4 Å². The van der Waals surface area contributed by atoms with Gasteiger partial charge >= 0.3 is 5.91 Å². The maximum absolute atomic E-state index is 13.3. The second kappa shape index (κ2) is 8.15. The first-order chi connectivity index (χ1) is 16.4. The fraction of sp³-hybridized carbons (Fsp3) is 0.154. The third kappa shape index (κ3) is 3.40. The van der Waals surface area contributed by atoms with Gasteiger partial charge in [0.1, 0.15) is 17.6 Å². The van der Waals surface area contributed by atoms with Crippen molar-refractivity contribution >= 4 is 34.4 Å². The van der Waals surface area contributed by atoms with Crippen LogP contribution in [0.5, 0.6) is 5.75 Å². The van der Waals surface area contributed by atoms with Gasteiger partial charge < -0.3 is 14.8 Å². The van der Waals surface area contributed by atoms with Crippen LogP contribution in [0.25, 0.3) is 16.8 Å². The molecule has 8 nitrogen and oxygen atoms in total. The molecule has 0 saturated carbocycles. The largest absolute Gasteiger partial charge is 0.507 e. The number of aromatic amines is 1. The smallest absolute Gasteiger partial charge is 0.302 e. The Kier molecular flexibility index (Phi) is 5.13. The monoisotopic (exact) mass is 454 g/mol. The van der Waals surface area contributed by atoms with E-state index in [2.05, 4.69) is 15.0 Å². The van der Waals surface area contributed by atoms with Gasteiger partial charge in [0, 0.05) is 6.20 Å². The first kappa shape index (κ1) is 21.4. The Morgan fingerprint density at radius 2 is 1.82 bits per heavy atom. The highest BCUT2D eigenvalue weighted by molar-refractivity contribution is 6.51. The number of aliphatic hydroxyl groups excluding tert-OH is 1. The Labute approximate surface area is 195 Å². The molecule has 2 aromatic heterocycles. The minimum Gasteiger partial charge on any atom is -0.507 e. The summed E-state index contributed by atoms with van der Waals surface area (Å²) >= 11 is 0.